The molecule has 0 atom stereocenters. The zero-order valence-corrected chi connectivity index (χ0v) is 12.4. The van der Waals surface area contributed by atoms with Gasteiger partial charge in [-0.3, -0.25) is 9.59 Å². The zero-order chi connectivity index (χ0) is 15.1. The molecule has 1 aromatic carbocycles. The average Bonchev–Trinajstić information content (AvgIpc) is 2.50. The highest BCUT2D eigenvalue weighted by molar-refractivity contribution is 6.35. The molecule has 1 aliphatic rings. The molecule has 2 amide bonds. The summed E-state index contributed by atoms with van der Waals surface area (Å²) >= 11 is 5.95. The van der Waals surface area contributed by atoms with E-state index in [9.17, 15) is 9.59 Å². The Kier molecular flexibility index (Phi) is 5.75. The standard InChI is InChI=1S/C15H18ClN3O2/c16-13-9-5-4-6-11(13)10-17-19-15(21)14(20)18-12-7-2-1-3-8-12/h4-6,9-10,12H,1-3,7-8H2,(H,18,20)(H,19,21)/b17-10+. The minimum absolute atomic E-state index is 0.101. The quantitative estimate of drug-likeness (QED) is 0.511. The maximum absolute atomic E-state index is 11.7. The Morgan fingerprint density at radius 2 is 1.86 bits per heavy atom. The first-order chi connectivity index (χ1) is 10.2. The van der Waals surface area contributed by atoms with Gasteiger partial charge in [0.1, 0.15) is 0 Å². The van der Waals surface area contributed by atoms with E-state index in [4.69, 9.17) is 11.6 Å². The van der Waals surface area contributed by atoms with Crippen molar-refractivity contribution in [1.82, 2.24) is 10.7 Å². The maximum Gasteiger partial charge on any atom is 0.329 e. The van der Waals surface area contributed by atoms with Crippen LogP contribution in [0.5, 0.6) is 0 Å². The van der Waals surface area contributed by atoms with Gasteiger partial charge in [-0.2, -0.15) is 5.10 Å². The summed E-state index contributed by atoms with van der Waals surface area (Å²) in [5.74, 6) is -1.40. The lowest BCUT2D eigenvalue weighted by Gasteiger charge is -2.22. The number of hydrogen-bond acceptors (Lipinski definition) is 3. The Bertz CT molecular complexity index is 539. The number of amides is 2. The minimum Gasteiger partial charge on any atom is -0.345 e. The molecular formula is C15H18ClN3O2. The van der Waals surface area contributed by atoms with Crippen LogP contribution >= 0.6 is 11.6 Å². The molecule has 0 aliphatic heterocycles. The maximum atomic E-state index is 11.7. The van der Waals surface area contributed by atoms with Crippen molar-refractivity contribution in [1.29, 1.82) is 0 Å². The van der Waals surface area contributed by atoms with Crippen molar-refractivity contribution in [2.75, 3.05) is 0 Å². The van der Waals surface area contributed by atoms with Gasteiger partial charge >= 0.3 is 11.8 Å². The fourth-order valence-electron chi connectivity index (χ4n) is 2.29. The molecular weight excluding hydrogens is 290 g/mol. The third kappa shape index (κ3) is 4.86. The minimum atomic E-state index is -0.760. The second kappa shape index (κ2) is 7.78. The molecule has 1 saturated carbocycles. The summed E-state index contributed by atoms with van der Waals surface area (Å²) in [5.41, 5.74) is 2.88. The van der Waals surface area contributed by atoms with Crippen LogP contribution < -0.4 is 10.7 Å². The highest BCUT2D eigenvalue weighted by atomic mass is 35.5. The number of benzene rings is 1. The highest BCUT2D eigenvalue weighted by Gasteiger charge is 2.19. The summed E-state index contributed by atoms with van der Waals surface area (Å²) in [7, 11) is 0. The van der Waals surface area contributed by atoms with E-state index in [-0.39, 0.29) is 6.04 Å². The predicted molar refractivity (Wildman–Crippen MR) is 82.2 cm³/mol. The van der Waals surface area contributed by atoms with Crippen molar-refractivity contribution >= 4 is 29.6 Å². The molecule has 0 aromatic heterocycles. The molecule has 0 heterocycles. The number of carbonyl (C=O) groups is 2. The van der Waals surface area contributed by atoms with Gasteiger partial charge in [-0.05, 0) is 18.9 Å². The van der Waals surface area contributed by atoms with Gasteiger partial charge in [-0.15, -0.1) is 0 Å². The van der Waals surface area contributed by atoms with E-state index in [0.29, 0.717) is 10.6 Å². The van der Waals surface area contributed by atoms with Gasteiger partial charge in [-0.25, -0.2) is 5.43 Å². The highest BCUT2D eigenvalue weighted by Crippen LogP contribution is 2.17. The molecule has 0 bridgehead atoms. The Morgan fingerprint density at radius 1 is 1.14 bits per heavy atom. The van der Waals surface area contributed by atoms with E-state index in [1.807, 2.05) is 6.07 Å². The first-order valence-electron chi connectivity index (χ1n) is 7.05. The fourth-order valence-corrected chi connectivity index (χ4v) is 2.47. The van der Waals surface area contributed by atoms with Gasteiger partial charge in [0.25, 0.3) is 0 Å². The lowest BCUT2D eigenvalue weighted by molar-refractivity contribution is -0.139. The second-order valence-electron chi connectivity index (χ2n) is 5.03. The van der Waals surface area contributed by atoms with Crippen molar-refractivity contribution in [2.45, 2.75) is 38.1 Å². The third-order valence-corrected chi connectivity index (χ3v) is 3.77. The molecule has 5 nitrogen and oxygen atoms in total. The molecule has 1 aromatic rings. The number of rotatable bonds is 3. The summed E-state index contributed by atoms with van der Waals surface area (Å²) in [6.45, 7) is 0. The molecule has 0 spiro atoms. The van der Waals surface area contributed by atoms with Crippen LogP contribution in [0.3, 0.4) is 0 Å². The second-order valence-corrected chi connectivity index (χ2v) is 5.44. The molecule has 6 heteroatoms. The molecule has 1 aliphatic carbocycles. The molecule has 0 unspecified atom stereocenters. The summed E-state index contributed by atoms with van der Waals surface area (Å²) in [5, 5.41) is 7.00. The SMILES string of the molecule is O=C(N/N=C/c1ccccc1Cl)C(=O)NC1CCCCC1. The van der Waals surface area contributed by atoms with E-state index in [0.717, 1.165) is 25.7 Å². The number of hydrazone groups is 1. The predicted octanol–water partition coefficient (Wildman–Crippen LogP) is 2.24. The van der Waals surface area contributed by atoms with Crippen LogP contribution in [-0.2, 0) is 9.59 Å². The molecule has 1 fully saturated rings. The van der Waals surface area contributed by atoms with Crippen molar-refractivity contribution in [3.05, 3.63) is 34.9 Å². The normalized spacial score (nSPS) is 15.9. The van der Waals surface area contributed by atoms with E-state index in [2.05, 4.69) is 15.8 Å². The number of halogens is 1. The third-order valence-electron chi connectivity index (χ3n) is 3.42. The Morgan fingerprint density at radius 3 is 2.57 bits per heavy atom. The van der Waals surface area contributed by atoms with Gasteiger partial charge in [-0.1, -0.05) is 49.1 Å². The first-order valence-corrected chi connectivity index (χ1v) is 7.43. The average molecular weight is 308 g/mol. The number of nitrogens with zero attached hydrogens (tertiary/aromatic N) is 1. The lowest BCUT2D eigenvalue weighted by atomic mass is 9.95. The van der Waals surface area contributed by atoms with Crippen LogP contribution in [0.4, 0.5) is 0 Å². The molecule has 21 heavy (non-hydrogen) atoms. The lowest BCUT2D eigenvalue weighted by Crippen LogP contribution is -2.44. The number of hydrogen-bond donors (Lipinski definition) is 2. The van der Waals surface area contributed by atoms with Crippen LogP contribution in [0.25, 0.3) is 0 Å². The van der Waals surface area contributed by atoms with Crippen molar-refractivity contribution in [2.24, 2.45) is 5.10 Å². The fraction of sp³-hybridized carbons (Fsp3) is 0.400. The van der Waals surface area contributed by atoms with Gasteiger partial charge in [0.05, 0.1) is 6.21 Å². The molecule has 112 valence electrons. The number of carbonyl (C=O) groups excluding carboxylic acids is 2. The number of nitrogens with one attached hydrogen (secondary N) is 2. The Hall–Kier alpha value is -1.88. The molecule has 2 N–H and O–H groups in total. The summed E-state index contributed by atoms with van der Waals surface area (Å²) in [6, 6.07) is 7.20. The Balaban J connectivity index is 1.81. The van der Waals surface area contributed by atoms with Crippen molar-refractivity contribution in [3.63, 3.8) is 0 Å². The van der Waals surface area contributed by atoms with Gasteiger partial charge in [0.2, 0.25) is 0 Å². The summed E-state index contributed by atoms with van der Waals surface area (Å²) in [6.07, 6.45) is 6.66. The van der Waals surface area contributed by atoms with E-state index < -0.39 is 11.8 Å². The van der Waals surface area contributed by atoms with Crippen molar-refractivity contribution in [3.8, 4) is 0 Å². The Labute approximate surface area is 128 Å². The van der Waals surface area contributed by atoms with Gasteiger partial charge in [0.15, 0.2) is 0 Å². The van der Waals surface area contributed by atoms with E-state index >= 15 is 0 Å². The largest absolute Gasteiger partial charge is 0.345 e. The topological polar surface area (TPSA) is 70.6 Å². The van der Waals surface area contributed by atoms with Gasteiger partial charge < -0.3 is 5.32 Å². The monoisotopic (exact) mass is 307 g/mol. The van der Waals surface area contributed by atoms with Crippen LogP contribution in [0, 0.1) is 0 Å². The summed E-state index contributed by atoms with van der Waals surface area (Å²) < 4.78 is 0. The molecule has 0 radical (unpaired) electrons. The van der Waals surface area contributed by atoms with E-state index in [1.54, 1.807) is 18.2 Å². The molecule has 0 saturated heterocycles. The first kappa shape index (κ1) is 15.5. The van der Waals surface area contributed by atoms with Crippen LogP contribution in [-0.4, -0.2) is 24.1 Å². The molecule has 2 rings (SSSR count). The van der Waals surface area contributed by atoms with Gasteiger partial charge in [0, 0.05) is 16.6 Å². The smallest absolute Gasteiger partial charge is 0.329 e. The van der Waals surface area contributed by atoms with Crippen LogP contribution in [0.15, 0.2) is 29.4 Å². The summed E-state index contributed by atoms with van der Waals surface area (Å²) in [4.78, 5) is 23.3. The van der Waals surface area contributed by atoms with Crippen molar-refractivity contribution < 1.29 is 9.59 Å². The zero-order valence-electron chi connectivity index (χ0n) is 11.6. The van der Waals surface area contributed by atoms with Crippen LogP contribution in [0.2, 0.25) is 5.02 Å². The van der Waals surface area contributed by atoms with E-state index in [1.165, 1.54) is 12.6 Å². The van der Waals surface area contributed by atoms with Crippen LogP contribution in [0.1, 0.15) is 37.7 Å².